The fraction of sp³-hybridized carbons (Fsp3) is 0.316. The van der Waals surface area contributed by atoms with Gasteiger partial charge < -0.3 is 5.32 Å². The zero-order valence-corrected chi connectivity index (χ0v) is 17.7. The minimum absolute atomic E-state index is 0.138. The van der Waals surface area contributed by atoms with Crippen molar-refractivity contribution in [1.82, 2.24) is 4.31 Å². The summed E-state index contributed by atoms with van der Waals surface area (Å²) >= 11 is 7.43. The van der Waals surface area contributed by atoms with Gasteiger partial charge in [-0.1, -0.05) is 37.6 Å². The molecule has 0 radical (unpaired) electrons. The number of amides is 1. The minimum atomic E-state index is -3.49. The Morgan fingerprint density at radius 3 is 2.37 bits per heavy atom. The maximum absolute atomic E-state index is 12.5. The number of benzene rings is 2. The Morgan fingerprint density at radius 1 is 1.11 bits per heavy atom. The van der Waals surface area contributed by atoms with Crippen molar-refractivity contribution in [2.24, 2.45) is 0 Å². The van der Waals surface area contributed by atoms with Gasteiger partial charge in [0.15, 0.2) is 0 Å². The Morgan fingerprint density at radius 2 is 1.78 bits per heavy atom. The van der Waals surface area contributed by atoms with Crippen LogP contribution < -0.4 is 5.32 Å². The van der Waals surface area contributed by atoms with Crippen LogP contribution in [0.1, 0.15) is 19.4 Å². The monoisotopic (exact) mass is 426 g/mol. The second-order valence-electron chi connectivity index (χ2n) is 5.78. The highest BCUT2D eigenvalue weighted by Crippen LogP contribution is 2.19. The van der Waals surface area contributed by atoms with Crippen LogP contribution in [0.2, 0.25) is 5.02 Å². The Bertz CT molecular complexity index is 867. The minimum Gasteiger partial charge on any atom is -0.325 e. The standard InChI is InChI=1S/C19H23ClN2O3S2/c1-3-22(4-2)27(24,25)18-10-8-17(9-11-18)21-19(23)14-26-13-15-6-5-7-16(20)12-15/h5-12H,3-4,13-14H2,1-2H3,(H,21,23). The molecule has 1 N–H and O–H groups in total. The number of nitrogens with zero attached hydrogens (tertiary/aromatic N) is 1. The number of nitrogens with one attached hydrogen (secondary N) is 1. The molecule has 2 aromatic carbocycles. The summed E-state index contributed by atoms with van der Waals surface area (Å²) in [6, 6.07) is 13.8. The van der Waals surface area contributed by atoms with Gasteiger partial charge in [0.2, 0.25) is 15.9 Å². The SMILES string of the molecule is CCN(CC)S(=O)(=O)c1ccc(NC(=O)CSCc2cccc(Cl)c2)cc1. The Balaban J connectivity index is 1.89. The maximum atomic E-state index is 12.5. The van der Waals surface area contributed by atoms with Crippen LogP contribution in [0.3, 0.4) is 0 Å². The van der Waals surface area contributed by atoms with E-state index in [1.165, 1.54) is 28.2 Å². The van der Waals surface area contributed by atoms with Crippen molar-refractivity contribution in [2.45, 2.75) is 24.5 Å². The average Bonchev–Trinajstić information content (AvgIpc) is 2.63. The van der Waals surface area contributed by atoms with Crippen LogP contribution in [0, 0.1) is 0 Å². The molecule has 1 amide bonds. The van der Waals surface area contributed by atoms with E-state index in [4.69, 9.17) is 11.6 Å². The highest BCUT2D eigenvalue weighted by Gasteiger charge is 2.21. The van der Waals surface area contributed by atoms with Gasteiger partial charge in [-0.25, -0.2) is 8.42 Å². The van der Waals surface area contributed by atoms with Crippen LogP contribution >= 0.6 is 23.4 Å². The van der Waals surface area contributed by atoms with Gasteiger partial charge in [-0.2, -0.15) is 4.31 Å². The van der Waals surface area contributed by atoms with E-state index in [0.29, 0.717) is 35.3 Å². The predicted molar refractivity (Wildman–Crippen MR) is 113 cm³/mol. The third-order valence-electron chi connectivity index (χ3n) is 3.87. The first kappa shape index (κ1) is 21.8. The first-order chi connectivity index (χ1) is 12.9. The molecule has 0 unspecified atom stereocenters. The van der Waals surface area contributed by atoms with Crippen LogP contribution in [-0.2, 0) is 20.6 Å². The normalized spacial score (nSPS) is 11.6. The summed E-state index contributed by atoms with van der Waals surface area (Å²) in [7, 11) is -3.49. The molecule has 0 saturated heterocycles. The van der Waals surface area contributed by atoms with Gasteiger partial charge in [0.1, 0.15) is 0 Å². The van der Waals surface area contributed by atoms with Crippen LogP contribution in [0.15, 0.2) is 53.4 Å². The molecule has 0 bridgehead atoms. The van der Waals surface area contributed by atoms with Crippen molar-refractivity contribution in [3.63, 3.8) is 0 Å². The number of hydrogen-bond donors (Lipinski definition) is 1. The van der Waals surface area contributed by atoms with Gasteiger partial charge in [0.05, 0.1) is 10.6 Å². The maximum Gasteiger partial charge on any atom is 0.243 e. The fourth-order valence-corrected chi connectivity index (χ4v) is 4.95. The molecule has 0 saturated carbocycles. The molecular weight excluding hydrogens is 404 g/mol. The van der Waals surface area contributed by atoms with Crippen molar-refractivity contribution in [1.29, 1.82) is 0 Å². The Hall–Kier alpha value is -1.54. The van der Waals surface area contributed by atoms with Crippen LogP contribution in [-0.4, -0.2) is 37.5 Å². The number of anilines is 1. The lowest BCUT2D eigenvalue weighted by Gasteiger charge is -2.18. The first-order valence-electron chi connectivity index (χ1n) is 8.59. The van der Waals surface area contributed by atoms with E-state index >= 15 is 0 Å². The third kappa shape index (κ3) is 6.24. The highest BCUT2D eigenvalue weighted by atomic mass is 35.5. The lowest BCUT2D eigenvalue weighted by atomic mass is 10.2. The average molecular weight is 427 g/mol. The van der Waals surface area contributed by atoms with Crippen LogP contribution in [0.4, 0.5) is 5.69 Å². The molecule has 2 aromatic rings. The van der Waals surface area contributed by atoms with E-state index in [0.717, 1.165) is 5.56 Å². The molecule has 0 spiro atoms. The van der Waals surface area contributed by atoms with Gasteiger partial charge in [-0.3, -0.25) is 4.79 Å². The van der Waals surface area contributed by atoms with Crippen molar-refractivity contribution in [3.8, 4) is 0 Å². The molecule has 8 heteroatoms. The zero-order valence-electron chi connectivity index (χ0n) is 15.3. The summed E-state index contributed by atoms with van der Waals surface area (Å²) in [6.45, 7) is 4.44. The molecule has 2 rings (SSSR count). The number of carbonyl (C=O) groups is 1. The van der Waals surface area contributed by atoms with Crippen molar-refractivity contribution in [2.75, 3.05) is 24.2 Å². The van der Waals surface area contributed by atoms with E-state index in [2.05, 4.69) is 5.32 Å². The summed E-state index contributed by atoms with van der Waals surface area (Å²) < 4.78 is 26.3. The van der Waals surface area contributed by atoms with Gasteiger partial charge >= 0.3 is 0 Å². The van der Waals surface area contributed by atoms with Crippen molar-refractivity contribution in [3.05, 3.63) is 59.1 Å². The largest absolute Gasteiger partial charge is 0.325 e. The molecule has 0 heterocycles. The molecule has 27 heavy (non-hydrogen) atoms. The van der Waals surface area contributed by atoms with Crippen molar-refractivity contribution < 1.29 is 13.2 Å². The van der Waals surface area contributed by atoms with E-state index in [1.807, 2.05) is 24.3 Å². The zero-order chi connectivity index (χ0) is 19.9. The van der Waals surface area contributed by atoms with E-state index < -0.39 is 10.0 Å². The van der Waals surface area contributed by atoms with E-state index in [9.17, 15) is 13.2 Å². The molecule has 0 atom stereocenters. The highest BCUT2D eigenvalue weighted by molar-refractivity contribution is 7.99. The number of hydrogen-bond acceptors (Lipinski definition) is 4. The van der Waals surface area contributed by atoms with Gasteiger partial charge in [0.25, 0.3) is 0 Å². The lowest BCUT2D eigenvalue weighted by molar-refractivity contribution is -0.113. The molecule has 146 valence electrons. The molecule has 0 aliphatic heterocycles. The number of thioether (sulfide) groups is 1. The summed E-state index contributed by atoms with van der Waals surface area (Å²) in [6.07, 6.45) is 0. The topological polar surface area (TPSA) is 66.5 Å². The van der Waals surface area contributed by atoms with Crippen LogP contribution in [0.25, 0.3) is 0 Å². The van der Waals surface area contributed by atoms with Gasteiger partial charge in [-0.05, 0) is 42.0 Å². The Labute approximate surface area is 170 Å². The number of halogens is 1. The third-order valence-corrected chi connectivity index (χ3v) is 7.18. The van der Waals surface area contributed by atoms with Crippen molar-refractivity contribution >= 4 is 45.0 Å². The first-order valence-corrected chi connectivity index (χ1v) is 11.6. The second kappa shape index (κ2) is 10.1. The van der Waals surface area contributed by atoms with Gasteiger partial charge in [-0.15, -0.1) is 11.8 Å². The fourth-order valence-electron chi connectivity index (χ4n) is 2.51. The quantitative estimate of drug-likeness (QED) is 0.651. The molecule has 0 fully saturated rings. The number of rotatable bonds is 9. The summed E-state index contributed by atoms with van der Waals surface area (Å²) in [5, 5.41) is 3.46. The van der Waals surface area contributed by atoms with E-state index in [1.54, 1.807) is 26.0 Å². The second-order valence-corrected chi connectivity index (χ2v) is 9.14. The number of sulfonamides is 1. The number of carbonyl (C=O) groups excluding carboxylic acids is 1. The molecular formula is C19H23ClN2O3S2. The predicted octanol–water partition coefficient (Wildman–Crippen LogP) is 4.24. The Kier molecular flexibility index (Phi) is 8.16. The van der Waals surface area contributed by atoms with Gasteiger partial charge in [0, 0.05) is 29.6 Å². The molecule has 0 aliphatic carbocycles. The molecule has 0 aromatic heterocycles. The van der Waals surface area contributed by atoms with E-state index in [-0.39, 0.29) is 10.8 Å². The molecule has 5 nitrogen and oxygen atoms in total. The lowest BCUT2D eigenvalue weighted by Crippen LogP contribution is -2.30. The summed E-state index contributed by atoms with van der Waals surface area (Å²) in [5.41, 5.74) is 1.63. The molecule has 0 aliphatic rings. The summed E-state index contributed by atoms with van der Waals surface area (Å²) in [4.78, 5) is 12.3. The smallest absolute Gasteiger partial charge is 0.243 e. The summed E-state index contributed by atoms with van der Waals surface area (Å²) in [5.74, 6) is 0.850. The van der Waals surface area contributed by atoms with Crippen LogP contribution in [0.5, 0.6) is 0 Å².